The van der Waals surface area contributed by atoms with Crippen molar-refractivity contribution in [1.82, 2.24) is 4.31 Å². The van der Waals surface area contributed by atoms with Crippen molar-refractivity contribution in [2.75, 3.05) is 44.5 Å². The second kappa shape index (κ2) is 10.4. The van der Waals surface area contributed by atoms with Crippen molar-refractivity contribution < 1.29 is 31.5 Å². The van der Waals surface area contributed by atoms with E-state index in [4.69, 9.17) is 4.74 Å². The first-order valence-corrected chi connectivity index (χ1v) is 10.9. The molecule has 0 unspecified atom stereocenters. The Morgan fingerprint density at radius 1 is 1.03 bits per heavy atom. The van der Waals surface area contributed by atoms with Crippen LogP contribution in [0.2, 0.25) is 0 Å². The van der Waals surface area contributed by atoms with Crippen LogP contribution in [0, 0.1) is 11.6 Å². The zero-order chi connectivity index (χ0) is 23.2. The molecule has 0 aromatic heterocycles. The molecule has 1 amide bonds. The molecule has 2 aromatic carbocycles. The first-order chi connectivity index (χ1) is 14.7. The van der Waals surface area contributed by atoms with E-state index < -0.39 is 33.3 Å². The van der Waals surface area contributed by atoms with Crippen LogP contribution in [0.25, 0.3) is 0 Å². The smallest absolute Gasteiger partial charge is 0.243 e. The van der Waals surface area contributed by atoms with Gasteiger partial charge in [0.15, 0.2) is 17.4 Å². The fourth-order valence-electron chi connectivity index (χ4n) is 2.89. The van der Waals surface area contributed by atoms with Gasteiger partial charge in [0.2, 0.25) is 15.9 Å². The number of amides is 1. The summed E-state index contributed by atoms with van der Waals surface area (Å²) in [6.07, 6.45) is 0. The predicted octanol–water partition coefficient (Wildman–Crippen LogP) is 3.06. The molecule has 0 saturated heterocycles. The Kier molecular flexibility index (Phi) is 8.17. The van der Waals surface area contributed by atoms with E-state index in [9.17, 15) is 22.0 Å². The van der Waals surface area contributed by atoms with Gasteiger partial charge in [-0.05, 0) is 18.2 Å². The Morgan fingerprint density at radius 2 is 1.65 bits per heavy atom. The Morgan fingerprint density at radius 3 is 2.16 bits per heavy atom. The molecular formula is C20H25F2N3O5S. The average molecular weight is 457 g/mol. The van der Waals surface area contributed by atoms with Gasteiger partial charge in [-0.15, -0.1) is 0 Å². The largest absolute Gasteiger partial charge is 0.495 e. The number of methoxy groups -OCH3 is 2. The topological polar surface area (TPSA) is 97.0 Å². The van der Waals surface area contributed by atoms with Crippen molar-refractivity contribution in [2.24, 2.45) is 0 Å². The second-order valence-corrected chi connectivity index (χ2v) is 8.26. The Bertz CT molecular complexity index is 1020. The van der Waals surface area contributed by atoms with Crippen LogP contribution in [-0.2, 0) is 14.8 Å². The molecular weight excluding hydrogens is 432 g/mol. The molecule has 0 aliphatic heterocycles. The molecule has 2 aromatic rings. The number of hydrogen-bond donors (Lipinski definition) is 2. The van der Waals surface area contributed by atoms with Gasteiger partial charge in [0.1, 0.15) is 5.75 Å². The summed E-state index contributed by atoms with van der Waals surface area (Å²) in [5.41, 5.74) is 0.186. The third kappa shape index (κ3) is 5.61. The SMILES string of the molecule is CCN(CC)S(=O)(=O)c1ccc(OC)c(NC(=O)CNc2cc(F)c(OC)c(F)c2)c1. The van der Waals surface area contributed by atoms with Crippen molar-refractivity contribution >= 4 is 27.3 Å². The summed E-state index contributed by atoms with van der Waals surface area (Å²) in [7, 11) is -1.22. The van der Waals surface area contributed by atoms with Crippen LogP contribution >= 0.6 is 0 Å². The minimum atomic E-state index is -3.74. The van der Waals surface area contributed by atoms with Crippen molar-refractivity contribution in [2.45, 2.75) is 18.7 Å². The molecule has 170 valence electrons. The van der Waals surface area contributed by atoms with Crippen molar-refractivity contribution in [3.05, 3.63) is 42.0 Å². The minimum Gasteiger partial charge on any atom is -0.495 e. The van der Waals surface area contributed by atoms with Crippen LogP contribution in [0.3, 0.4) is 0 Å². The Hall–Kier alpha value is -2.92. The quantitative estimate of drug-likeness (QED) is 0.569. The standard InChI is InChI=1S/C20H25F2N3O5S/c1-5-25(6-2)31(27,28)14-7-8-18(29-3)17(11-14)24-19(26)12-23-13-9-15(21)20(30-4)16(22)10-13/h7-11,23H,5-6,12H2,1-4H3,(H,24,26). The highest BCUT2D eigenvalue weighted by Gasteiger charge is 2.23. The maximum absolute atomic E-state index is 13.8. The van der Waals surface area contributed by atoms with Gasteiger partial charge in [-0.1, -0.05) is 13.8 Å². The van der Waals surface area contributed by atoms with E-state index >= 15 is 0 Å². The molecule has 0 atom stereocenters. The molecule has 0 radical (unpaired) electrons. The lowest BCUT2D eigenvalue weighted by Crippen LogP contribution is -2.30. The average Bonchev–Trinajstić information content (AvgIpc) is 2.72. The molecule has 0 fully saturated rings. The van der Waals surface area contributed by atoms with Gasteiger partial charge in [-0.2, -0.15) is 4.31 Å². The molecule has 0 aliphatic rings. The fourth-order valence-corrected chi connectivity index (χ4v) is 4.38. The Labute approximate surface area is 180 Å². The fraction of sp³-hybridized carbons (Fsp3) is 0.350. The van der Waals surface area contributed by atoms with Crippen LogP contribution in [0.4, 0.5) is 20.2 Å². The summed E-state index contributed by atoms with van der Waals surface area (Å²) >= 11 is 0. The number of hydrogen-bond acceptors (Lipinski definition) is 6. The molecule has 8 nitrogen and oxygen atoms in total. The van der Waals surface area contributed by atoms with E-state index in [0.29, 0.717) is 13.1 Å². The van der Waals surface area contributed by atoms with Crippen LogP contribution in [0.1, 0.15) is 13.8 Å². The third-order valence-electron chi connectivity index (χ3n) is 4.44. The molecule has 2 rings (SSSR count). The lowest BCUT2D eigenvalue weighted by Gasteiger charge is -2.19. The number of halogens is 2. The summed E-state index contributed by atoms with van der Waals surface area (Å²) in [6.45, 7) is 3.71. The lowest BCUT2D eigenvalue weighted by molar-refractivity contribution is -0.114. The van der Waals surface area contributed by atoms with Gasteiger partial charge in [0, 0.05) is 30.9 Å². The van der Waals surface area contributed by atoms with E-state index in [1.165, 1.54) is 29.6 Å². The van der Waals surface area contributed by atoms with E-state index in [2.05, 4.69) is 15.4 Å². The molecule has 0 aliphatic carbocycles. The molecule has 0 spiro atoms. The van der Waals surface area contributed by atoms with E-state index in [-0.39, 0.29) is 28.6 Å². The monoisotopic (exact) mass is 457 g/mol. The minimum absolute atomic E-state index is 0.000411. The maximum atomic E-state index is 13.8. The summed E-state index contributed by atoms with van der Waals surface area (Å²) in [4.78, 5) is 12.4. The summed E-state index contributed by atoms with van der Waals surface area (Å²) in [6, 6.07) is 6.12. The highest BCUT2D eigenvalue weighted by molar-refractivity contribution is 7.89. The van der Waals surface area contributed by atoms with Gasteiger partial charge >= 0.3 is 0 Å². The van der Waals surface area contributed by atoms with Crippen LogP contribution in [0.15, 0.2) is 35.2 Å². The number of nitrogens with zero attached hydrogens (tertiary/aromatic N) is 1. The van der Waals surface area contributed by atoms with Crippen molar-refractivity contribution in [3.8, 4) is 11.5 Å². The van der Waals surface area contributed by atoms with Gasteiger partial charge in [-0.3, -0.25) is 4.79 Å². The third-order valence-corrected chi connectivity index (χ3v) is 6.49. The molecule has 31 heavy (non-hydrogen) atoms. The highest BCUT2D eigenvalue weighted by Crippen LogP contribution is 2.29. The van der Waals surface area contributed by atoms with Crippen LogP contribution in [-0.4, -0.2) is 52.5 Å². The summed E-state index contributed by atoms with van der Waals surface area (Å²) in [5.74, 6) is -2.67. The van der Waals surface area contributed by atoms with Gasteiger partial charge in [0.25, 0.3) is 0 Å². The number of ether oxygens (including phenoxy) is 2. The molecule has 0 heterocycles. The molecule has 2 N–H and O–H groups in total. The van der Waals surface area contributed by atoms with E-state index in [1.807, 2.05) is 0 Å². The van der Waals surface area contributed by atoms with Crippen molar-refractivity contribution in [1.29, 1.82) is 0 Å². The first kappa shape index (κ1) is 24.4. The predicted molar refractivity (Wildman–Crippen MR) is 113 cm³/mol. The highest BCUT2D eigenvalue weighted by atomic mass is 32.2. The van der Waals surface area contributed by atoms with E-state index in [0.717, 1.165) is 19.2 Å². The van der Waals surface area contributed by atoms with Crippen molar-refractivity contribution in [3.63, 3.8) is 0 Å². The second-order valence-electron chi connectivity index (χ2n) is 6.33. The van der Waals surface area contributed by atoms with Gasteiger partial charge < -0.3 is 20.1 Å². The maximum Gasteiger partial charge on any atom is 0.243 e. The summed E-state index contributed by atoms with van der Waals surface area (Å²) < 4.78 is 64.1. The number of carbonyl (C=O) groups is 1. The van der Waals surface area contributed by atoms with Crippen LogP contribution in [0.5, 0.6) is 11.5 Å². The number of rotatable bonds is 10. The van der Waals surface area contributed by atoms with E-state index in [1.54, 1.807) is 13.8 Å². The van der Waals surface area contributed by atoms with Gasteiger partial charge in [-0.25, -0.2) is 17.2 Å². The number of anilines is 2. The first-order valence-electron chi connectivity index (χ1n) is 9.42. The normalized spacial score (nSPS) is 11.3. The molecule has 0 bridgehead atoms. The van der Waals surface area contributed by atoms with Crippen LogP contribution < -0.4 is 20.1 Å². The number of carbonyl (C=O) groups excluding carboxylic acids is 1. The number of benzene rings is 2. The molecule has 11 heteroatoms. The lowest BCUT2D eigenvalue weighted by atomic mass is 10.2. The Balaban J connectivity index is 2.19. The molecule has 0 saturated carbocycles. The van der Waals surface area contributed by atoms with Gasteiger partial charge in [0.05, 0.1) is 31.3 Å². The number of nitrogens with one attached hydrogen (secondary N) is 2. The summed E-state index contributed by atoms with van der Waals surface area (Å²) in [5, 5.41) is 5.15. The zero-order valence-corrected chi connectivity index (χ0v) is 18.5. The number of sulfonamides is 1. The zero-order valence-electron chi connectivity index (χ0n) is 17.7.